The third kappa shape index (κ3) is 12.4. The molecular weight excluding hydrogens is 592 g/mol. The Kier molecular flexibility index (Phi) is 15.4. The summed E-state index contributed by atoms with van der Waals surface area (Å²) in [6, 6.07) is 0. The van der Waals surface area contributed by atoms with Crippen molar-refractivity contribution < 1.29 is 43.9 Å². The van der Waals surface area contributed by atoms with Crippen molar-refractivity contribution in [1.29, 1.82) is 0 Å². The van der Waals surface area contributed by atoms with Gasteiger partial charge in [-0.15, -0.1) is 0 Å². The Balaban J connectivity index is 2.26. The quantitative estimate of drug-likeness (QED) is 0.116. The number of carbonyl (C=O) groups excluding carboxylic acids is 2. The van der Waals surface area contributed by atoms with Gasteiger partial charge in [-0.05, 0) is 65.8 Å². The lowest BCUT2D eigenvalue weighted by molar-refractivity contribution is -0.151. The zero-order chi connectivity index (χ0) is 34.8. The zero-order valence-corrected chi connectivity index (χ0v) is 29.6. The number of hydrogen-bond donors (Lipinski definition) is 3. The molecule has 2 aliphatic heterocycles. The summed E-state index contributed by atoms with van der Waals surface area (Å²) in [6.45, 7) is 12.3. The number of carbonyl (C=O) groups is 2. The molecule has 2 heterocycles. The molecule has 11 heteroatoms. The van der Waals surface area contributed by atoms with Crippen LogP contribution in [0.4, 0.5) is 4.79 Å². The van der Waals surface area contributed by atoms with Gasteiger partial charge in [0.05, 0.1) is 36.4 Å². The molecule has 0 aromatic rings. The fraction of sp³-hybridized carbons (Fsp3) is 0.771. The van der Waals surface area contributed by atoms with Gasteiger partial charge in [0, 0.05) is 45.5 Å². The van der Waals surface area contributed by atoms with Crippen LogP contribution in [0.3, 0.4) is 0 Å². The van der Waals surface area contributed by atoms with Crippen LogP contribution in [0.1, 0.15) is 73.6 Å². The van der Waals surface area contributed by atoms with E-state index in [9.17, 15) is 24.9 Å². The highest BCUT2D eigenvalue weighted by atomic mass is 16.6. The molecule has 0 aromatic heterocycles. The molecule has 0 aromatic carbocycles. The third-order valence-electron chi connectivity index (χ3n) is 9.23. The summed E-state index contributed by atoms with van der Waals surface area (Å²) >= 11 is 0. The summed E-state index contributed by atoms with van der Waals surface area (Å²) in [4.78, 5) is 29.4. The maximum Gasteiger partial charge on any atom is 0.410 e. The van der Waals surface area contributed by atoms with Gasteiger partial charge >= 0.3 is 12.1 Å². The van der Waals surface area contributed by atoms with E-state index in [0.29, 0.717) is 32.4 Å². The van der Waals surface area contributed by atoms with Gasteiger partial charge in [0.25, 0.3) is 0 Å². The molecule has 2 rings (SSSR count). The number of ether oxygens (including phenoxy) is 4. The van der Waals surface area contributed by atoms with Crippen molar-refractivity contribution in [1.82, 2.24) is 9.80 Å². The molecule has 0 spiro atoms. The predicted octanol–water partition coefficient (Wildman–Crippen LogP) is 3.86. The van der Waals surface area contributed by atoms with E-state index in [-0.39, 0.29) is 36.9 Å². The van der Waals surface area contributed by atoms with E-state index in [1.807, 2.05) is 59.7 Å². The van der Waals surface area contributed by atoms with Crippen LogP contribution < -0.4 is 0 Å². The summed E-state index contributed by atoms with van der Waals surface area (Å²) in [5.74, 6) is -0.854. The molecule has 2 aliphatic rings. The molecule has 11 nitrogen and oxygen atoms in total. The van der Waals surface area contributed by atoms with Gasteiger partial charge in [-0.3, -0.25) is 4.79 Å². The summed E-state index contributed by atoms with van der Waals surface area (Å²) in [7, 11) is 7.09. The number of hydrogen-bond acceptors (Lipinski definition) is 10. The SMILES string of the molecule is CC[C@H](O)[C@@H](C)[C@H]1O[C@@H]1C[C@@](C)(O)/C=C/C=C(\C)[C@H]1OC(=O)C[C@H](O)CC[C@@](C)(OC)[C@@H](OC(=O)N(C)CCN(C)C)/C=C/[C@@H]1C. The van der Waals surface area contributed by atoms with Gasteiger partial charge < -0.3 is 44.1 Å². The molecule has 0 aliphatic carbocycles. The first kappa shape index (κ1) is 39.9. The third-order valence-corrected chi connectivity index (χ3v) is 9.23. The van der Waals surface area contributed by atoms with Crippen molar-refractivity contribution in [2.75, 3.05) is 41.3 Å². The second kappa shape index (κ2) is 17.8. The first-order valence-corrected chi connectivity index (χ1v) is 16.5. The average molecular weight is 653 g/mol. The lowest BCUT2D eigenvalue weighted by Crippen LogP contribution is -2.46. The van der Waals surface area contributed by atoms with Crippen molar-refractivity contribution >= 4 is 12.1 Å². The minimum Gasteiger partial charge on any atom is -0.457 e. The van der Waals surface area contributed by atoms with Crippen molar-refractivity contribution in [3.63, 3.8) is 0 Å². The van der Waals surface area contributed by atoms with E-state index in [1.54, 1.807) is 45.4 Å². The van der Waals surface area contributed by atoms with Crippen molar-refractivity contribution in [2.24, 2.45) is 11.8 Å². The maximum atomic E-state index is 13.0. The standard InChI is InChI=1S/C35H60N2O9/c1-11-27(39)25(4)32-28(44-32)22-34(5,42)17-12-13-23(2)31-24(3)14-15-29(45-33(41)37(9)20-19-36(7)8)35(6,43-10)18-16-26(38)21-30(40)46-31/h12-15,17,24-29,31-32,38-39,42H,11,16,18-22H2,1-10H3/b15-14+,17-12+,23-13+/t24-,25+,26+,27-,28+,29-,31+,32+,34-,35+/m0/s1. The number of aliphatic hydroxyl groups excluding tert-OH is 2. The minimum absolute atomic E-state index is 0.00498. The number of aliphatic hydroxyl groups is 3. The van der Waals surface area contributed by atoms with Crippen molar-refractivity contribution in [2.45, 2.75) is 121 Å². The Labute approximate surface area is 276 Å². The highest BCUT2D eigenvalue weighted by Crippen LogP contribution is 2.37. The van der Waals surface area contributed by atoms with E-state index in [2.05, 4.69) is 0 Å². The molecule has 0 radical (unpaired) electrons. The summed E-state index contributed by atoms with van der Waals surface area (Å²) in [5.41, 5.74) is -1.37. The van der Waals surface area contributed by atoms with Gasteiger partial charge in [0.2, 0.25) is 0 Å². The van der Waals surface area contributed by atoms with Crippen LogP contribution >= 0.6 is 0 Å². The van der Waals surface area contributed by atoms with Crippen LogP contribution in [0.2, 0.25) is 0 Å². The van der Waals surface area contributed by atoms with E-state index < -0.39 is 47.7 Å². The van der Waals surface area contributed by atoms with Gasteiger partial charge in [-0.1, -0.05) is 45.1 Å². The number of epoxide rings is 1. The number of likely N-dealkylation sites (N-methyl/N-ethyl adjacent to an activating group) is 2. The number of allylic oxidation sites excluding steroid dienone is 2. The Morgan fingerprint density at radius 2 is 1.93 bits per heavy atom. The zero-order valence-electron chi connectivity index (χ0n) is 29.6. The van der Waals surface area contributed by atoms with Gasteiger partial charge in [0.1, 0.15) is 11.7 Å². The number of amides is 1. The van der Waals surface area contributed by atoms with Crippen LogP contribution in [-0.2, 0) is 23.7 Å². The summed E-state index contributed by atoms with van der Waals surface area (Å²) in [5, 5.41) is 31.8. The fourth-order valence-electron chi connectivity index (χ4n) is 5.65. The van der Waals surface area contributed by atoms with E-state index in [0.717, 1.165) is 5.57 Å². The normalized spacial score (nSPS) is 32.9. The fourth-order valence-corrected chi connectivity index (χ4v) is 5.65. The highest BCUT2D eigenvalue weighted by Gasteiger charge is 2.47. The molecule has 264 valence electrons. The summed E-state index contributed by atoms with van der Waals surface area (Å²) < 4.78 is 23.5. The lowest BCUT2D eigenvalue weighted by Gasteiger charge is -2.36. The first-order chi connectivity index (χ1) is 21.4. The van der Waals surface area contributed by atoms with Crippen LogP contribution in [0, 0.1) is 11.8 Å². The molecule has 10 atom stereocenters. The van der Waals surface area contributed by atoms with Gasteiger partial charge in [0.15, 0.2) is 6.10 Å². The molecule has 3 N–H and O–H groups in total. The van der Waals surface area contributed by atoms with Crippen LogP contribution in [0.25, 0.3) is 0 Å². The van der Waals surface area contributed by atoms with E-state index in [4.69, 9.17) is 18.9 Å². The van der Waals surface area contributed by atoms with Gasteiger partial charge in [-0.25, -0.2) is 4.79 Å². The molecular formula is C35H60N2O9. The van der Waals surface area contributed by atoms with E-state index >= 15 is 0 Å². The largest absolute Gasteiger partial charge is 0.457 e. The Morgan fingerprint density at radius 3 is 2.54 bits per heavy atom. The van der Waals surface area contributed by atoms with Crippen molar-refractivity contribution in [3.8, 4) is 0 Å². The lowest BCUT2D eigenvalue weighted by atomic mass is 9.88. The summed E-state index contributed by atoms with van der Waals surface area (Å²) in [6.07, 6.45) is 6.75. The molecule has 46 heavy (non-hydrogen) atoms. The number of methoxy groups -OCH3 is 1. The smallest absolute Gasteiger partial charge is 0.410 e. The number of cyclic esters (lactones) is 1. The first-order valence-electron chi connectivity index (χ1n) is 16.5. The van der Waals surface area contributed by atoms with Crippen LogP contribution in [0.15, 0.2) is 36.0 Å². The van der Waals surface area contributed by atoms with Gasteiger partial charge in [-0.2, -0.15) is 0 Å². The topological polar surface area (TPSA) is 142 Å². The van der Waals surface area contributed by atoms with E-state index in [1.165, 1.54) is 4.90 Å². The molecule has 1 saturated heterocycles. The Morgan fingerprint density at radius 1 is 1.26 bits per heavy atom. The van der Waals surface area contributed by atoms with Crippen molar-refractivity contribution in [3.05, 3.63) is 36.0 Å². The van der Waals surface area contributed by atoms with Crippen LogP contribution in [-0.4, -0.2) is 126 Å². The average Bonchev–Trinajstić information content (AvgIpc) is 3.75. The number of nitrogens with zero attached hydrogens (tertiary/aromatic N) is 2. The molecule has 1 fully saturated rings. The monoisotopic (exact) mass is 652 g/mol. The molecule has 1 amide bonds. The second-order valence-corrected chi connectivity index (χ2v) is 13.9. The Hall–Kier alpha value is -2.28. The maximum absolute atomic E-state index is 13.0. The number of esters is 1. The molecule has 0 unspecified atom stereocenters. The Bertz CT molecular complexity index is 1070. The molecule has 0 bridgehead atoms. The highest BCUT2D eigenvalue weighted by molar-refractivity contribution is 5.70. The number of rotatable bonds is 13. The predicted molar refractivity (Wildman–Crippen MR) is 177 cm³/mol. The second-order valence-electron chi connectivity index (χ2n) is 13.9. The van der Waals surface area contributed by atoms with Crippen LogP contribution in [0.5, 0.6) is 0 Å². The minimum atomic E-state index is -1.15. The molecule has 0 saturated carbocycles.